The summed E-state index contributed by atoms with van der Waals surface area (Å²) in [6, 6.07) is 0. The Morgan fingerprint density at radius 2 is 1.80 bits per heavy atom. The van der Waals surface area contributed by atoms with Gasteiger partial charge in [0.05, 0.1) is 5.60 Å². The van der Waals surface area contributed by atoms with Crippen LogP contribution in [0.1, 0.15) is 58.8 Å². The van der Waals surface area contributed by atoms with Crippen molar-refractivity contribution in [2.24, 2.45) is 5.92 Å². The highest BCUT2D eigenvalue weighted by Crippen LogP contribution is 2.33. The summed E-state index contributed by atoms with van der Waals surface area (Å²) in [7, 11) is 0. The van der Waals surface area contributed by atoms with Gasteiger partial charge in [-0.15, -0.1) is 0 Å². The summed E-state index contributed by atoms with van der Waals surface area (Å²) < 4.78 is 0. The topological polar surface area (TPSA) is 32.3 Å². The SMILES string of the molecule is CCNCCC(C)(O)C1CCCCCC1. The van der Waals surface area contributed by atoms with Gasteiger partial charge in [0.25, 0.3) is 0 Å². The highest BCUT2D eigenvalue weighted by Gasteiger charge is 2.31. The summed E-state index contributed by atoms with van der Waals surface area (Å²) >= 11 is 0. The summed E-state index contributed by atoms with van der Waals surface area (Å²) in [5.74, 6) is 0.527. The second-order valence-corrected chi connectivity index (χ2v) is 5.15. The molecule has 0 saturated heterocycles. The molecule has 0 heterocycles. The first-order valence-electron chi connectivity index (χ1n) is 6.60. The lowest BCUT2D eigenvalue weighted by Gasteiger charge is -2.32. The average Bonchev–Trinajstić information content (AvgIpc) is 2.46. The van der Waals surface area contributed by atoms with Crippen LogP contribution >= 0.6 is 0 Å². The molecule has 1 atom stereocenters. The van der Waals surface area contributed by atoms with Gasteiger partial charge in [0.2, 0.25) is 0 Å². The Balaban J connectivity index is 2.35. The minimum atomic E-state index is -0.452. The first-order chi connectivity index (χ1) is 7.17. The van der Waals surface area contributed by atoms with E-state index in [0.29, 0.717) is 5.92 Å². The molecule has 1 fully saturated rings. The zero-order valence-electron chi connectivity index (χ0n) is 10.4. The van der Waals surface area contributed by atoms with Crippen LogP contribution in [-0.2, 0) is 0 Å². The molecule has 1 unspecified atom stereocenters. The van der Waals surface area contributed by atoms with Crippen LogP contribution in [0.5, 0.6) is 0 Å². The van der Waals surface area contributed by atoms with E-state index in [1.807, 2.05) is 6.92 Å². The molecule has 2 N–H and O–H groups in total. The maximum absolute atomic E-state index is 10.5. The molecule has 1 rings (SSSR count). The molecular weight excluding hydrogens is 186 g/mol. The fourth-order valence-corrected chi connectivity index (χ4v) is 2.62. The predicted molar refractivity (Wildman–Crippen MR) is 65.0 cm³/mol. The van der Waals surface area contributed by atoms with Gasteiger partial charge in [0, 0.05) is 0 Å². The van der Waals surface area contributed by atoms with Crippen LogP contribution < -0.4 is 5.32 Å². The molecular formula is C13H27NO. The number of nitrogens with one attached hydrogen (secondary N) is 1. The quantitative estimate of drug-likeness (QED) is 0.543. The summed E-state index contributed by atoms with van der Waals surface area (Å²) in [6.45, 7) is 6.08. The third-order valence-electron chi connectivity index (χ3n) is 3.79. The summed E-state index contributed by atoms with van der Waals surface area (Å²) in [6.07, 6.45) is 8.67. The molecule has 1 saturated carbocycles. The van der Waals surface area contributed by atoms with Crippen LogP contribution in [0.3, 0.4) is 0 Å². The van der Waals surface area contributed by atoms with E-state index in [9.17, 15) is 5.11 Å². The lowest BCUT2D eigenvalue weighted by molar-refractivity contribution is -0.0144. The minimum Gasteiger partial charge on any atom is -0.390 e. The van der Waals surface area contributed by atoms with E-state index < -0.39 is 5.60 Å². The second-order valence-electron chi connectivity index (χ2n) is 5.15. The number of hydrogen-bond acceptors (Lipinski definition) is 2. The van der Waals surface area contributed by atoms with Gasteiger partial charge >= 0.3 is 0 Å². The Labute approximate surface area is 94.5 Å². The maximum Gasteiger partial charge on any atom is 0.0659 e. The van der Waals surface area contributed by atoms with Crippen molar-refractivity contribution in [2.75, 3.05) is 13.1 Å². The Kier molecular flexibility index (Phi) is 5.62. The van der Waals surface area contributed by atoms with Crippen LogP contribution in [0.2, 0.25) is 0 Å². The van der Waals surface area contributed by atoms with Gasteiger partial charge in [0.15, 0.2) is 0 Å². The van der Waals surface area contributed by atoms with Crippen molar-refractivity contribution >= 4 is 0 Å². The molecule has 0 aromatic carbocycles. The van der Waals surface area contributed by atoms with E-state index in [2.05, 4.69) is 12.2 Å². The maximum atomic E-state index is 10.5. The second kappa shape index (κ2) is 6.49. The molecule has 15 heavy (non-hydrogen) atoms. The Hall–Kier alpha value is -0.0800. The Morgan fingerprint density at radius 3 is 2.33 bits per heavy atom. The van der Waals surface area contributed by atoms with Gasteiger partial charge in [-0.05, 0) is 45.2 Å². The molecule has 2 heteroatoms. The van der Waals surface area contributed by atoms with E-state index in [4.69, 9.17) is 0 Å². The monoisotopic (exact) mass is 213 g/mol. The average molecular weight is 213 g/mol. The van der Waals surface area contributed by atoms with E-state index >= 15 is 0 Å². The molecule has 0 aromatic rings. The van der Waals surface area contributed by atoms with Crippen LogP contribution in [0.15, 0.2) is 0 Å². The van der Waals surface area contributed by atoms with Gasteiger partial charge in [0.1, 0.15) is 0 Å². The number of hydrogen-bond donors (Lipinski definition) is 2. The number of rotatable bonds is 5. The first-order valence-corrected chi connectivity index (χ1v) is 6.60. The fraction of sp³-hybridized carbons (Fsp3) is 1.00. The summed E-state index contributed by atoms with van der Waals surface area (Å²) in [5, 5.41) is 13.7. The molecule has 90 valence electrons. The first kappa shape index (κ1) is 13.0. The lowest BCUT2D eigenvalue weighted by atomic mass is 9.81. The summed E-state index contributed by atoms with van der Waals surface area (Å²) in [4.78, 5) is 0. The normalized spacial score (nSPS) is 23.4. The zero-order chi connectivity index (χ0) is 11.1. The highest BCUT2D eigenvalue weighted by molar-refractivity contribution is 4.84. The molecule has 0 aromatic heterocycles. The van der Waals surface area contributed by atoms with Crippen molar-refractivity contribution in [3.05, 3.63) is 0 Å². The molecule has 0 radical (unpaired) electrons. The van der Waals surface area contributed by atoms with Gasteiger partial charge in [-0.25, -0.2) is 0 Å². The van der Waals surface area contributed by atoms with E-state index in [-0.39, 0.29) is 0 Å². The van der Waals surface area contributed by atoms with Crippen molar-refractivity contribution < 1.29 is 5.11 Å². The fourth-order valence-electron chi connectivity index (χ4n) is 2.62. The molecule has 0 aliphatic heterocycles. The zero-order valence-corrected chi connectivity index (χ0v) is 10.4. The molecule has 1 aliphatic rings. The van der Waals surface area contributed by atoms with Crippen LogP contribution in [0, 0.1) is 5.92 Å². The Bertz CT molecular complexity index is 160. The molecule has 0 amide bonds. The van der Waals surface area contributed by atoms with Crippen molar-refractivity contribution in [3.8, 4) is 0 Å². The molecule has 0 spiro atoms. The molecule has 0 bridgehead atoms. The number of aliphatic hydroxyl groups is 1. The van der Waals surface area contributed by atoms with Gasteiger partial charge in [-0.2, -0.15) is 0 Å². The van der Waals surface area contributed by atoms with Crippen molar-refractivity contribution in [1.29, 1.82) is 0 Å². The standard InChI is InChI=1S/C13H27NO/c1-3-14-11-10-13(2,15)12-8-6-4-5-7-9-12/h12,14-15H,3-11H2,1-2H3. The predicted octanol–water partition coefficient (Wildman–Crippen LogP) is 2.71. The van der Waals surface area contributed by atoms with E-state index in [1.54, 1.807) is 0 Å². The molecule has 1 aliphatic carbocycles. The third-order valence-corrected chi connectivity index (χ3v) is 3.79. The lowest BCUT2D eigenvalue weighted by Crippen LogP contribution is -2.37. The van der Waals surface area contributed by atoms with Gasteiger partial charge < -0.3 is 10.4 Å². The van der Waals surface area contributed by atoms with E-state index in [1.165, 1.54) is 38.5 Å². The smallest absolute Gasteiger partial charge is 0.0659 e. The van der Waals surface area contributed by atoms with Crippen molar-refractivity contribution in [3.63, 3.8) is 0 Å². The van der Waals surface area contributed by atoms with Crippen LogP contribution in [-0.4, -0.2) is 23.8 Å². The van der Waals surface area contributed by atoms with Crippen molar-refractivity contribution in [2.45, 2.75) is 64.4 Å². The van der Waals surface area contributed by atoms with Crippen LogP contribution in [0.25, 0.3) is 0 Å². The Morgan fingerprint density at radius 1 is 1.20 bits per heavy atom. The highest BCUT2D eigenvalue weighted by atomic mass is 16.3. The van der Waals surface area contributed by atoms with E-state index in [0.717, 1.165) is 19.5 Å². The molecule has 2 nitrogen and oxygen atoms in total. The van der Waals surface area contributed by atoms with Crippen LogP contribution in [0.4, 0.5) is 0 Å². The largest absolute Gasteiger partial charge is 0.390 e. The van der Waals surface area contributed by atoms with Gasteiger partial charge in [-0.3, -0.25) is 0 Å². The van der Waals surface area contributed by atoms with Crippen molar-refractivity contribution in [1.82, 2.24) is 5.32 Å². The summed E-state index contributed by atoms with van der Waals surface area (Å²) in [5.41, 5.74) is -0.452. The van der Waals surface area contributed by atoms with Gasteiger partial charge in [-0.1, -0.05) is 32.6 Å². The minimum absolute atomic E-state index is 0.452. The third kappa shape index (κ3) is 4.52.